The van der Waals surface area contributed by atoms with Crippen LogP contribution in [0.4, 0.5) is 4.39 Å². The molecule has 8 nitrogen and oxygen atoms in total. The number of halogens is 1. The molecule has 0 saturated heterocycles. The minimum Gasteiger partial charge on any atom is -0.472 e. The molecule has 184 valence electrons. The van der Waals surface area contributed by atoms with Crippen molar-refractivity contribution in [2.45, 2.75) is 37.8 Å². The summed E-state index contributed by atoms with van der Waals surface area (Å²) in [4.78, 5) is 18.8. The van der Waals surface area contributed by atoms with E-state index in [0.29, 0.717) is 5.56 Å². The highest BCUT2D eigenvalue weighted by atomic mass is 32.2. The molecule has 1 aliphatic rings. The fourth-order valence-electron chi connectivity index (χ4n) is 3.79. The molecule has 0 aliphatic carbocycles. The van der Waals surface area contributed by atoms with Gasteiger partial charge in [0, 0.05) is 25.7 Å². The third-order valence-corrected chi connectivity index (χ3v) is 7.72. The van der Waals surface area contributed by atoms with Gasteiger partial charge in [0.2, 0.25) is 15.9 Å². The largest absolute Gasteiger partial charge is 0.472 e. The summed E-state index contributed by atoms with van der Waals surface area (Å²) in [6.45, 7) is 5.32. The Bertz CT molecular complexity index is 1170. The zero-order chi connectivity index (χ0) is 25.0. The number of allylic oxidation sites excluding steroid dienone is 1. The van der Waals surface area contributed by atoms with Crippen LogP contribution >= 0.6 is 0 Å². The molecule has 1 aromatic heterocycles. The number of hydrogen-bond acceptors (Lipinski definition) is 6. The van der Waals surface area contributed by atoms with Gasteiger partial charge in [-0.1, -0.05) is 31.2 Å². The quantitative estimate of drug-likeness (QED) is 0.639. The molecule has 0 fully saturated rings. The highest BCUT2D eigenvalue weighted by Gasteiger charge is 2.36. The molecule has 0 spiro atoms. The third kappa shape index (κ3) is 5.29. The number of carbonyl (C=O) groups is 1. The summed E-state index contributed by atoms with van der Waals surface area (Å²) in [5.74, 6) is -1.39. The Kier molecular flexibility index (Phi) is 8.06. The lowest BCUT2D eigenvalue weighted by Crippen LogP contribution is -2.50. The van der Waals surface area contributed by atoms with Crippen molar-refractivity contribution in [3.63, 3.8) is 0 Å². The van der Waals surface area contributed by atoms with Gasteiger partial charge in [-0.05, 0) is 37.6 Å². The molecule has 10 heteroatoms. The van der Waals surface area contributed by atoms with Crippen LogP contribution in [0.25, 0.3) is 6.08 Å². The van der Waals surface area contributed by atoms with Crippen LogP contribution in [0.15, 0.2) is 47.5 Å². The molecule has 1 aliphatic heterocycles. The van der Waals surface area contributed by atoms with Gasteiger partial charge >= 0.3 is 0 Å². The Morgan fingerprint density at radius 3 is 2.74 bits per heavy atom. The Labute approximate surface area is 199 Å². The van der Waals surface area contributed by atoms with Gasteiger partial charge in [-0.3, -0.25) is 4.79 Å². The van der Waals surface area contributed by atoms with E-state index in [9.17, 15) is 22.7 Å². The number of pyridine rings is 1. The second-order valence-electron chi connectivity index (χ2n) is 8.46. The molecular weight excluding hydrogens is 461 g/mol. The van der Waals surface area contributed by atoms with Crippen molar-refractivity contribution >= 4 is 22.0 Å². The standard InChI is InChI=1S/C24H30FN3O5S/c1-5-8-18-11-19-23(26-12-18)33-21(16(2)13-28(24(19)30)17(3)15-29)14-27(4)34(31,32)22-10-7-6-9-20(22)25/h5-12,16-17,21,29H,13-15H2,1-4H3/b8-5+/t16-,17+,21-/m0/s1. The molecule has 1 aromatic carbocycles. The predicted molar refractivity (Wildman–Crippen MR) is 126 cm³/mol. The highest BCUT2D eigenvalue weighted by Crippen LogP contribution is 2.28. The second kappa shape index (κ2) is 10.6. The summed E-state index contributed by atoms with van der Waals surface area (Å²) in [5, 5.41) is 9.74. The summed E-state index contributed by atoms with van der Waals surface area (Å²) >= 11 is 0. The number of fused-ring (bicyclic) bond motifs is 1. The number of nitrogens with zero attached hydrogens (tertiary/aromatic N) is 3. The van der Waals surface area contributed by atoms with E-state index < -0.39 is 32.9 Å². The number of aromatic nitrogens is 1. The first-order chi connectivity index (χ1) is 16.1. The van der Waals surface area contributed by atoms with Crippen LogP contribution in [-0.2, 0) is 10.0 Å². The number of aliphatic hydroxyl groups is 1. The van der Waals surface area contributed by atoms with Gasteiger partial charge in [-0.15, -0.1) is 0 Å². The Morgan fingerprint density at radius 2 is 2.09 bits per heavy atom. The Balaban J connectivity index is 1.99. The van der Waals surface area contributed by atoms with Crippen molar-refractivity contribution in [2.24, 2.45) is 5.92 Å². The van der Waals surface area contributed by atoms with Crippen molar-refractivity contribution in [3.8, 4) is 5.88 Å². The van der Waals surface area contributed by atoms with Gasteiger partial charge in [0.1, 0.15) is 22.4 Å². The molecule has 0 bridgehead atoms. The average Bonchev–Trinajstić information content (AvgIpc) is 2.81. The summed E-state index contributed by atoms with van der Waals surface area (Å²) in [6.07, 6.45) is 4.49. The average molecular weight is 492 g/mol. The SMILES string of the molecule is C/C=C/c1cnc2c(c1)C(=O)N([C@H](C)CO)C[C@H](C)[C@H](CN(C)S(=O)(=O)c1ccccc1F)O2. The van der Waals surface area contributed by atoms with Gasteiger partial charge in [-0.25, -0.2) is 17.8 Å². The zero-order valence-electron chi connectivity index (χ0n) is 19.7. The van der Waals surface area contributed by atoms with E-state index in [1.54, 1.807) is 30.2 Å². The number of carbonyl (C=O) groups excluding carboxylic acids is 1. The van der Waals surface area contributed by atoms with E-state index in [2.05, 4.69) is 4.98 Å². The van der Waals surface area contributed by atoms with E-state index in [-0.39, 0.29) is 43.0 Å². The monoisotopic (exact) mass is 491 g/mol. The molecule has 0 unspecified atom stereocenters. The summed E-state index contributed by atoms with van der Waals surface area (Å²) in [5.41, 5.74) is 0.937. The second-order valence-corrected chi connectivity index (χ2v) is 10.5. The molecule has 2 heterocycles. The molecule has 2 aromatic rings. The maximum Gasteiger partial charge on any atom is 0.259 e. The summed E-state index contributed by atoms with van der Waals surface area (Å²) in [7, 11) is -2.76. The van der Waals surface area contributed by atoms with E-state index in [0.717, 1.165) is 10.4 Å². The number of benzene rings is 1. The first-order valence-electron chi connectivity index (χ1n) is 11.0. The van der Waals surface area contributed by atoms with E-state index in [1.807, 2.05) is 19.9 Å². The van der Waals surface area contributed by atoms with Gasteiger partial charge in [0.15, 0.2) is 0 Å². The number of amides is 1. The van der Waals surface area contributed by atoms with Crippen molar-refractivity contribution < 1.29 is 27.4 Å². The summed E-state index contributed by atoms with van der Waals surface area (Å²) < 4.78 is 47.4. The molecule has 1 amide bonds. The van der Waals surface area contributed by atoms with Gasteiger partial charge < -0.3 is 14.7 Å². The smallest absolute Gasteiger partial charge is 0.259 e. The molecule has 34 heavy (non-hydrogen) atoms. The van der Waals surface area contributed by atoms with Crippen molar-refractivity contribution in [1.82, 2.24) is 14.2 Å². The maximum atomic E-state index is 14.2. The van der Waals surface area contributed by atoms with Gasteiger partial charge in [0.25, 0.3) is 5.91 Å². The number of rotatable bonds is 7. The van der Waals surface area contributed by atoms with Crippen LogP contribution in [0, 0.1) is 11.7 Å². The number of hydrogen-bond donors (Lipinski definition) is 1. The fourth-order valence-corrected chi connectivity index (χ4v) is 5.04. The van der Waals surface area contributed by atoms with Crippen molar-refractivity contribution in [2.75, 3.05) is 26.7 Å². The van der Waals surface area contributed by atoms with Crippen LogP contribution in [0.3, 0.4) is 0 Å². The van der Waals surface area contributed by atoms with Crippen LogP contribution in [0.5, 0.6) is 5.88 Å². The van der Waals surface area contributed by atoms with Gasteiger partial charge in [0.05, 0.1) is 19.2 Å². The number of ether oxygens (including phenoxy) is 1. The molecule has 0 saturated carbocycles. The van der Waals surface area contributed by atoms with E-state index in [4.69, 9.17) is 4.74 Å². The summed E-state index contributed by atoms with van der Waals surface area (Å²) in [6, 6.07) is 6.39. The molecular formula is C24H30FN3O5S. The highest BCUT2D eigenvalue weighted by molar-refractivity contribution is 7.89. The topological polar surface area (TPSA) is 100 Å². The molecule has 3 rings (SSSR count). The van der Waals surface area contributed by atoms with Crippen LogP contribution in [0.2, 0.25) is 0 Å². The molecule has 3 atom stereocenters. The lowest BCUT2D eigenvalue weighted by molar-refractivity contribution is 0.0373. The van der Waals surface area contributed by atoms with E-state index in [1.165, 1.54) is 25.2 Å². The number of likely N-dealkylation sites (N-methyl/N-ethyl adjacent to an activating group) is 1. The van der Waals surface area contributed by atoms with Crippen LogP contribution in [-0.4, -0.2) is 72.5 Å². The first kappa shape index (κ1) is 25.8. The van der Waals surface area contributed by atoms with Crippen molar-refractivity contribution in [1.29, 1.82) is 0 Å². The first-order valence-corrected chi connectivity index (χ1v) is 12.5. The fraction of sp³-hybridized carbons (Fsp3) is 0.417. The third-order valence-electron chi connectivity index (χ3n) is 5.86. The minimum absolute atomic E-state index is 0.0848. The predicted octanol–water partition coefficient (Wildman–Crippen LogP) is 2.79. The van der Waals surface area contributed by atoms with Gasteiger partial charge in [-0.2, -0.15) is 4.31 Å². The molecule has 0 radical (unpaired) electrons. The minimum atomic E-state index is -4.12. The van der Waals surface area contributed by atoms with Crippen molar-refractivity contribution in [3.05, 3.63) is 59.5 Å². The normalized spacial score (nSPS) is 20.1. The Morgan fingerprint density at radius 1 is 1.38 bits per heavy atom. The number of aliphatic hydroxyl groups excluding tert-OH is 1. The molecule has 1 N–H and O–H groups in total. The lowest BCUT2D eigenvalue weighted by Gasteiger charge is -2.37. The zero-order valence-corrected chi connectivity index (χ0v) is 20.5. The lowest BCUT2D eigenvalue weighted by atomic mass is 10.00. The van der Waals surface area contributed by atoms with Crippen LogP contribution in [0.1, 0.15) is 36.7 Å². The maximum absolute atomic E-state index is 14.2. The van der Waals surface area contributed by atoms with Crippen LogP contribution < -0.4 is 4.74 Å². The Hall–Kier alpha value is -2.82. The number of sulfonamides is 1. The van der Waals surface area contributed by atoms with E-state index >= 15 is 0 Å².